The Morgan fingerprint density at radius 2 is 2.05 bits per heavy atom. The standard InChI is InChI=1S/C15H15BrN2OS/c1-10-4-2-3-5-11(10)9-20-14-7-6-12(16)8-13(14)15(17)18-19/h2-8,19H,9H2,1H3,(H2,17,18). The second-order valence-corrected chi connectivity index (χ2v) is 6.27. The fourth-order valence-corrected chi connectivity index (χ4v) is 3.29. The van der Waals surface area contributed by atoms with Gasteiger partial charge < -0.3 is 10.9 Å². The molecule has 0 fully saturated rings. The highest BCUT2D eigenvalue weighted by atomic mass is 79.9. The minimum absolute atomic E-state index is 0.124. The summed E-state index contributed by atoms with van der Waals surface area (Å²) in [6, 6.07) is 14.1. The molecule has 0 aliphatic carbocycles. The lowest BCUT2D eigenvalue weighted by Gasteiger charge is -2.10. The van der Waals surface area contributed by atoms with Crippen LogP contribution in [0.25, 0.3) is 0 Å². The Morgan fingerprint density at radius 3 is 2.75 bits per heavy atom. The normalized spacial score (nSPS) is 11.6. The molecule has 20 heavy (non-hydrogen) atoms. The van der Waals surface area contributed by atoms with Gasteiger partial charge in [-0.15, -0.1) is 11.8 Å². The van der Waals surface area contributed by atoms with Gasteiger partial charge in [0.2, 0.25) is 0 Å². The summed E-state index contributed by atoms with van der Waals surface area (Å²) in [7, 11) is 0. The number of hydrogen-bond acceptors (Lipinski definition) is 3. The number of benzene rings is 2. The third-order valence-corrected chi connectivity index (χ3v) is 4.59. The van der Waals surface area contributed by atoms with Crippen molar-refractivity contribution in [2.24, 2.45) is 10.9 Å². The Labute approximate surface area is 131 Å². The third kappa shape index (κ3) is 3.55. The van der Waals surface area contributed by atoms with Crippen LogP contribution in [0.1, 0.15) is 16.7 Å². The number of aryl methyl sites for hydroxylation is 1. The number of nitrogens with two attached hydrogens (primary N) is 1. The van der Waals surface area contributed by atoms with E-state index in [0.717, 1.165) is 20.7 Å². The van der Waals surface area contributed by atoms with Gasteiger partial charge in [-0.25, -0.2) is 0 Å². The summed E-state index contributed by atoms with van der Waals surface area (Å²) in [4.78, 5) is 0.992. The monoisotopic (exact) mass is 350 g/mol. The lowest BCUT2D eigenvalue weighted by molar-refractivity contribution is 0.318. The summed E-state index contributed by atoms with van der Waals surface area (Å²) in [6.07, 6.45) is 0. The van der Waals surface area contributed by atoms with Gasteiger partial charge in [0.1, 0.15) is 0 Å². The topological polar surface area (TPSA) is 58.6 Å². The molecule has 0 aliphatic rings. The first-order valence-electron chi connectivity index (χ1n) is 6.06. The van der Waals surface area contributed by atoms with Crippen molar-refractivity contribution in [3.8, 4) is 0 Å². The van der Waals surface area contributed by atoms with E-state index in [9.17, 15) is 0 Å². The quantitative estimate of drug-likeness (QED) is 0.286. The molecule has 3 N–H and O–H groups in total. The van der Waals surface area contributed by atoms with Crippen LogP contribution in [0, 0.1) is 6.92 Å². The predicted molar refractivity (Wildman–Crippen MR) is 87.4 cm³/mol. The van der Waals surface area contributed by atoms with E-state index >= 15 is 0 Å². The van der Waals surface area contributed by atoms with E-state index in [1.165, 1.54) is 11.1 Å². The second-order valence-electron chi connectivity index (χ2n) is 4.34. The van der Waals surface area contributed by atoms with Crippen molar-refractivity contribution in [2.75, 3.05) is 0 Å². The lowest BCUT2D eigenvalue weighted by Crippen LogP contribution is -2.14. The third-order valence-electron chi connectivity index (χ3n) is 2.97. The maximum atomic E-state index is 8.87. The molecule has 0 amide bonds. The average Bonchev–Trinajstić information content (AvgIpc) is 2.46. The number of oxime groups is 1. The highest BCUT2D eigenvalue weighted by Gasteiger charge is 2.09. The van der Waals surface area contributed by atoms with E-state index in [4.69, 9.17) is 10.9 Å². The summed E-state index contributed by atoms with van der Waals surface area (Å²) in [6.45, 7) is 2.10. The van der Waals surface area contributed by atoms with Crippen molar-refractivity contribution >= 4 is 33.5 Å². The minimum Gasteiger partial charge on any atom is -0.409 e. The van der Waals surface area contributed by atoms with E-state index in [1.54, 1.807) is 11.8 Å². The molecule has 0 radical (unpaired) electrons. The van der Waals surface area contributed by atoms with Crippen LogP contribution in [0.5, 0.6) is 0 Å². The molecule has 0 bridgehead atoms. The molecule has 104 valence electrons. The number of thioether (sulfide) groups is 1. The van der Waals surface area contributed by atoms with Crippen LogP contribution in [0.4, 0.5) is 0 Å². The first-order valence-corrected chi connectivity index (χ1v) is 7.84. The van der Waals surface area contributed by atoms with Crippen molar-refractivity contribution in [3.63, 3.8) is 0 Å². The Morgan fingerprint density at radius 1 is 1.30 bits per heavy atom. The Kier molecular flexibility index (Phi) is 5.09. The smallest absolute Gasteiger partial charge is 0.171 e. The fraction of sp³-hybridized carbons (Fsp3) is 0.133. The van der Waals surface area contributed by atoms with Crippen LogP contribution < -0.4 is 5.73 Å². The zero-order chi connectivity index (χ0) is 14.5. The van der Waals surface area contributed by atoms with Gasteiger partial charge in [0.15, 0.2) is 5.84 Å². The predicted octanol–water partition coefficient (Wildman–Crippen LogP) is 4.14. The van der Waals surface area contributed by atoms with Gasteiger partial charge in [-0.05, 0) is 36.2 Å². The Hall–Kier alpha value is -1.46. The molecule has 0 saturated carbocycles. The summed E-state index contributed by atoms with van der Waals surface area (Å²) in [5.74, 6) is 0.971. The van der Waals surface area contributed by atoms with Crippen LogP contribution in [-0.4, -0.2) is 11.0 Å². The number of nitrogens with zero attached hydrogens (tertiary/aromatic N) is 1. The van der Waals surface area contributed by atoms with Crippen molar-refractivity contribution in [3.05, 3.63) is 63.6 Å². The van der Waals surface area contributed by atoms with Crippen molar-refractivity contribution in [2.45, 2.75) is 17.6 Å². The Bertz CT molecular complexity index is 644. The number of rotatable bonds is 4. The van der Waals surface area contributed by atoms with Gasteiger partial charge in [0.05, 0.1) is 0 Å². The zero-order valence-electron chi connectivity index (χ0n) is 11.0. The summed E-state index contributed by atoms with van der Waals surface area (Å²) < 4.78 is 0.902. The second kappa shape index (κ2) is 6.81. The van der Waals surface area contributed by atoms with Crippen LogP contribution in [0.2, 0.25) is 0 Å². The maximum absolute atomic E-state index is 8.87. The van der Waals surface area contributed by atoms with Gasteiger partial charge in [-0.3, -0.25) is 0 Å². The first-order chi connectivity index (χ1) is 9.61. The highest BCUT2D eigenvalue weighted by molar-refractivity contribution is 9.10. The van der Waals surface area contributed by atoms with Gasteiger partial charge in [0.25, 0.3) is 0 Å². The van der Waals surface area contributed by atoms with Crippen molar-refractivity contribution in [1.29, 1.82) is 0 Å². The average molecular weight is 351 g/mol. The largest absolute Gasteiger partial charge is 0.409 e. The molecular formula is C15H15BrN2OS. The maximum Gasteiger partial charge on any atom is 0.171 e. The van der Waals surface area contributed by atoms with E-state index in [-0.39, 0.29) is 5.84 Å². The molecule has 3 nitrogen and oxygen atoms in total. The summed E-state index contributed by atoms with van der Waals surface area (Å²) in [5.41, 5.74) is 9.01. The molecule has 0 spiro atoms. The molecule has 2 rings (SSSR count). The van der Waals surface area contributed by atoms with E-state index in [1.807, 2.05) is 30.3 Å². The van der Waals surface area contributed by atoms with Gasteiger partial charge in [-0.2, -0.15) is 0 Å². The molecular weight excluding hydrogens is 336 g/mol. The molecule has 0 heterocycles. The van der Waals surface area contributed by atoms with Gasteiger partial charge in [0, 0.05) is 20.7 Å². The van der Waals surface area contributed by atoms with Crippen LogP contribution >= 0.6 is 27.7 Å². The molecule has 5 heteroatoms. The van der Waals surface area contributed by atoms with Gasteiger partial charge in [-0.1, -0.05) is 45.4 Å². The fourth-order valence-electron chi connectivity index (χ4n) is 1.81. The summed E-state index contributed by atoms with van der Waals surface area (Å²) in [5, 5.41) is 12.0. The molecule has 0 aromatic heterocycles. The highest BCUT2D eigenvalue weighted by Crippen LogP contribution is 2.29. The van der Waals surface area contributed by atoms with E-state index in [0.29, 0.717) is 0 Å². The molecule has 0 atom stereocenters. The van der Waals surface area contributed by atoms with Crippen molar-refractivity contribution < 1.29 is 5.21 Å². The number of hydrogen-bond donors (Lipinski definition) is 2. The van der Waals surface area contributed by atoms with E-state index in [2.05, 4.69) is 40.1 Å². The van der Waals surface area contributed by atoms with Crippen LogP contribution in [0.3, 0.4) is 0 Å². The summed E-state index contributed by atoms with van der Waals surface area (Å²) >= 11 is 5.07. The van der Waals surface area contributed by atoms with Crippen molar-refractivity contribution in [1.82, 2.24) is 0 Å². The number of halogens is 1. The SMILES string of the molecule is Cc1ccccc1CSc1ccc(Br)cc1/C(N)=N/O. The molecule has 2 aromatic carbocycles. The zero-order valence-corrected chi connectivity index (χ0v) is 13.4. The van der Waals surface area contributed by atoms with E-state index < -0.39 is 0 Å². The molecule has 0 saturated heterocycles. The van der Waals surface area contributed by atoms with Crippen LogP contribution in [0.15, 0.2) is 57.0 Å². The first kappa shape index (κ1) is 14.9. The minimum atomic E-state index is 0.124. The Balaban J connectivity index is 2.24. The lowest BCUT2D eigenvalue weighted by atomic mass is 10.1. The molecule has 0 unspecified atom stereocenters. The molecule has 2 aromatic rings. The van der Waals surface area contributed by atoms with Gasteiger partial charge >= 0.3 is 0 Å². The molecule has 0 aliphatic heterocycles. The number of amidine groups is 1. The van der Waals surface area contributed by atoms with Crippen LogP contribution in [-0.2, 0) is 5.75 Å².